The molecule has 8 heteroatoms. The summed E-state index contributed by atoms with van der Waals surface area (Å²) in [6.07, 6.45) is 1.04. The smallest absolute Gasteiger partial charge is 0.255 e. The number of hydrogen-bond donors (Lipinski definition) is 1. The summed E-state index contributed by atoms with van der Waals surface area (Å²) >= 11 is 0. The van der Waals surface area contributed by atoms with Crippen LogP contribution in [0.5, 0.6) is 5.75 Å². The third kappa shape index (κ3) is 4.41. The highest BCUT2D eigenvalue weighted by atomic mass is 16.5. The Morgan fingerprint density at radius 3 is 2.85 bits per heavy atom. The largest absolute Gasteiger partial charge is 0.489 e. The first-order valence-corrected chi connectivity index (χ1v) is 11.1. The van der Waals surface area contributed by atoms with Gasteiger partial charge in [-0.15, -0.1) is 0 Å². The molecule has 3 atom stereocenters. The van der Waals surface area contributed by atoms with Crippen LogP contribution in [0.15, 0.2) is 54.7 Å². The molecule has 0 spiro atoms. The van der Waals surface area contributed by atoms with E-state index in [1.807, 2.05) is 0 Å². The van der Waals surface area contributed by atoms with Crippen LogP contribution in [0.3, 0.4) is 0 Å². The predicted molar refractivity (Wildman–Crippen MR) is 124 cm³/mol. The third-order valence-corrected chi connectivity index (χ3v) is 6.07. The topological polar surface area (TPSA) is 88.2 Å². The first kappa shape index (κ1) is 17.8. The number of piperidine rings is 1. The molecule has 3 heterocycles. The fraction of sp³-hybridized carbons (Fsp3) is 0.346. The van der Waals surface area contributed by atoms with E-state index in [0.717, 1.165) is 0 Å². The van der Waals surface area contributed by atoms with Gasteiger partial charge in [-0.2, -0.15) is 0 Å². The summed E-state index contributed by atoms with van der Waals surface area (Å²) in [6.45, 7) is 1.77. The number of rotatable bonds is 6. The molecule has 3 aliphatic heterocycles. The number of allylic oxidation sites excluding steroid dienone is 1. The van der Waals surface area contributed by atoms with Gasteiger partial charge in [-0.25, -0.2) is 0 Å². The summed E-state index contributed by atoms with van der Waals surface area (Å²) < 4.78 is 44.9. The first-order valence-electron chi connectivity index (χ1n) is 13.2. The van der Waals surface area contributed by atoms with Gasteiger partial charge < -0.3 is 24.6 Å². The van der Waals surface area contributed by atoms with Crippen LogP contribution in [0.4, 0.5) is 0 Å². The lowest BCUT2D eigenvalue weighted by molar-refractivity contribution is -0.143. The second kappa shape index (κ2) is 9.30. The molecule has 3 aliphatic rings. The first-order chi connectivity index (χ1) is 18.2. The van der Waals surface area contributed by atoms with Gasteiger partial charge in [0.05, 0.1) is 18.6 Å². The van der Waals surface area contributed by atoms with E-state index in [0.29, 0.717) is 36.3 Å². The van der Waals surface area contributed by atoms with Crippen LogP contribution in [0, 0.1) is 0 Å². The molecule has 0 aromatic heterocycles. The molecule has 2 aromatic carbocycles. The van der Waals surface area contributed by atoms with Gasteiger partial charge in [-0.05, 0) is 36.1 Å². The highest BCUT2D eigenvalue weighted by Gasteiger charge is 2.39. The van der Waals surface area contributed by atoms with Crippen molar-refractivity contribution in [3.05, 3.63) is 76.9 Å². The van der Waals surface area contributed by atoms with E-state index in [1.54, 1.807) is 18.2 Å². The van der Waals surface area contributed by atoms with Crippen LogP contribution >= 0.6 is 0 Å². The standard InChI is InChI=1S/C26H27N3O5/c1-17-5-10-22(25(31)27-17)29-14-21-20(26(29)32)3-2-4-23(21)34-15-19-8-6-18(7-9-19)13-28-11-12-33-16-24(28)30/h2-4,6-9,22H,1,5,10-16H2,(H,27,31)/i6D,9D,13D,15D. The van der Waals surface area contributed by atoms with Crippen molar-refractivity contribution in [2.24, 2.45) is 0 Å². The molecule has 1 N–H and O–H groups in total. The maximum Gasteiger partial charge on any atom is 0.255 e. The summed E-state index contributed by atoms with van der Waals surface area (Å²) in [4.78, 5) is 40.5. The Morgan fingerprint density at radius 1 is 1.21 bits per heavy atom. The minimum absolute atomic E-state index is 0.0827. The summed E-state index contributed by atoms with van der Waals surface area (Å²) in [5.41, 5.74) is 1.86. The zero-order valence-electron chi connectivity index (χ0n) is 22.5. The molecule has 5 rings (SSSR count). The Balaban J connectivity index is 1.35. The summed E-state index contributed by atoms with van der Waals surface area (Å²) in [5, 5.41) is 2.70. The normalized spacial score (nSPS) is 23.9. The maximum absolute atomic E-state index is 13.1. The Morgan fingerprint density at radius 2 is 2.03 bits per heavy atom. The molecule has 176 valence electrons. The van der Waals surface area contributed by atoms with Crippen LogP contribution in [0.25, 0.3) is 0 Å². The number of benzene rings is 2. The van der Waals surface area contributed by atoms with Gasteiger partial charge in [0.25, 0.3) is 5.91 Å². The highest BCUT2D eigenvalue weighted by Crippen LogP contribution is 2.34. The van der Waals surface area contributed by atoms with Gasteiger partial charge >= 0.3 is 0 Å². The van der Waals surface area contributed by atoms with Crippen LogP contribution in [0.1, 0.15) is 45.4 Å². The van der Waals surface area contributed by atoms with Gasteiger partial charge in [0.15, 0.2) is 0 Å². The van der Waals surface area contributed by atoms with Crippen molar-refractivity contribution in [1.82, 2.24) is 15.1 Å². The van der Waals surface area contributed by atoms with Crippen molar-refractivity contribution in [3.8, 4) is 5.75 Å². The van der Waals surface area contributed by atoms with Crippen LogP contribution in [-0.2, 0) is 34.0 Å². The Bertz CT molecular complexity index is 1340. The van der Waals surface area contributed by atoms with E-state index in [2.05, 4.69) is 11.9 Å². The Hall–Kier alpha value is -3.65. The van der Waals surface area contributed by atoms with Crippen molar-refractivity contribution in [3.63, 3.8) is 0 Å². The van der Waals surface area contributed by atoms with Gasteiger partial charge in [-0.1, -0.05) is 36.9 Å². The molecule has 3 unspecified atom stereocenters. The molecule has 2 saturated heterocycles. The van der Waals surface area contributed by atoms with Gasteiger partial charge in [0.1, 0.15) is 25.0 Å². The second-order valence-corrected chi connectivity index (χ2v) is 8.36. The van der Waals surface area contributed by atoms with E-state index in [4.69, 9.17) is 15.0 Å². The number of carbonyl (C=O) groups excluding carboxylic acids is 3. The lowest BCUT2D eigenvalue weighted by Gasteiger charge is -2.31. The molecule has 2 aromatic rings. The molecule has 0 bridgehead atoms. The number of nitrogens with one attached hydrogen (secondary N) is 1. The van der Waals surface area contributed by atoms with Crippen molar-refractivity contribution >= 4 is 17.7 Å². The zero-order valence-corrected chi connectivity index (χ0v) is 18.5. The number of morpholine rings is 1. The van der Waals surface area contributed by atoms with Crippen molar-refractivity contribution in [2.75, 3.05) is 19.8 Å². The van der Waals surface area contributed by atoms with Gasteiger partial charge in [0.2, 0.25) is 11.8 Å². The lowest BCUT2D eigenvalue weighted by atomic mass is 10.0. The van der Waals surface area contributed by atoms with E-state index >= 15 is 0 Å². The second-order valence-electron chi connectivity index (χ2n) is 8.36. The highest BCUT2D eigenvalue weighted by molar-refractivity contribution is 6.02. The van der Waals surface area contributed by atoms with Crippen LogP contribution < -0.4 is 10.1 Å². The van der Waals surface area contributed by atoms with E-state index in [1.165, 1.54) is 21.9 Å². The average Bonchev–Trinajstić information content (AvgIpc) is 3.22. The zero-order chi connectivity index (χ0) is 27.1. The van der Waals surface area contributed by atoms with Gasteiger partial charge in [-0.3, -0.25) is 14.4 Å². The molecular formula is C26H27N3O5. The average molecular weight is 466 g/mol. The van der Waals surface area contributed by atoms with Crippen molar-refractivity contribution in [2.45, 2.75) is 38.5 Å². The molecule has 0 radical (unpaired) electrons. The molecule has 8 nitrogen and oxygen atoms in total. The summed E-state index contributed by atoms with van der Waals surface area (Å²) in [6, 6.07) is 6.73. The quantitative estimate of drug-likeness (QED) is 0.708. The summed E-state index contributed by atoms with van der Waals surface area (Å²) in [7, 11) is 0. The van der Waals surface area contributed by atoms with E-state index in [9.17, 15) is 14.4 Å². The van der Waals surface area contributed by atoms with E-state index in [-0.39, 0.29) is 66.4 Å². The molecular weight excluding hydrogens is 434 g/mol. The SMILES string of the molecule is [2H]c1cc(C([2H])N2CCOCC2=O)c([2H])cc1C([2H])Oc1cccc2c1CN(C1CCC(=C)NC1=O)C2=O. The molecule has 0 saturated carbocycles. The van der Waals surface area contributed by atoms with Crippen LogP contribution in [0.2, 0.25) is 0 Å². The van der Waals surface area contributed by atoms with Crippen LogP contribution in [-0.4, -0.2) is 53.3 Å². The minimum atomic E-state index is -1.38. The third-order valence-electron chi connectivity index (χ3n) is 6.07. The molecule has 0 aliphatic carbocycles. The minimum Gasteiger partial charge on any atom is -0.489 e. The van der Waals surface area contributed by atoms with Crippen molar-refractivity contribution in [1.29, 1.82) is 0 Å². The van der Waals surface area contributed by atoms with E-state index < -0.39 is 19.1 Å². The number of ether oxygens (including phenoxy) is 2. The fourth-order valence-corrected chi connectivity index (χ4v) is 4.26. The predicted octanol–water partition coefficient (Wildman–Crippen LogP) is 2.37. The molecule has 34 heavy (non-hydrogen) atoms. The number of nitrogens with zero attached hydrogens (tertiary/aromatic N) is 2. The number of fused-ring (bicyclic) bond motifs is 1. The monoisotopic (exact) mass is 465 g/mol. The Labute approximate surface area is 203 Å². The fourth-order valence-electron chi connectivity index (χ4n) is 4.26. The molecule has 3 amide bonds. The number of amides is 3. The summed E-state index contributed by atoms with van der Waals surface area (Å²) in [5.74, 6) is -0.647. The number of carbonyl (C=O) groups is 3. The Kier molecular flexibility index (Phi) is 4.86. The van der Waals surface area contributed by atoms with Gasteiger partial charge in [0, 0.05) is 29.9 Å². The molecule has 2 fully saturated rings. The van der Waals surface area contributed by atoms with Crippen molar-refractivity contribution < 1.29 is 29.3 Å². The number of hydrogen-bond acceptors (Lipinski definition) is 5. The lowest BCUT2D eigenvalue weighted by Crippen LogP contribution is -2.49. The maximum atomic E-state index is 13.1.